The zero-order valence-electron chi connectivity index (χ0n) is 15.9. The molecule has 0 spiro atoms. The standard InChI is InChI=1S/C20H19ClN4O3S2/c21-19-4-2-15(29-19)6-10-30(27,28)25-9-8-24(20(26)13-25)12-14-1-3-16-17(22)5-7-23-18(16)11-14/h1-7,10-11H,8-9,12-13H2,(H2,22,23). The molecule has 4 rings (SSSR count). The van der Waals surface area contributed by atoms with Gasteiger partial charge in [0.15, 0.2) is 0 Å². The van der Waals surface area contributed by atoms with E-state index in [9.17, 15) is 13.2 Å². The van der Waals surface area contributed by atoms with E-state index in [4.69, 9.17) is 17.3 Å². The highest BCUT2D eigenvalue weighted by Gasteiger charge is 2.30. The van der Waals surface area contributed by atoms with Crippen molar-refractivity contribution in [1.82, 2.24) is 14.2 Å². The molecule has 1 aliphatic rings. The number of piperazine rings is 1. The van der Waals surface area contributed by atoms with Gasteiger partial charge in [-0.3, -0.25) is 9.78 Å². The van der Waals surface area contributed by atoms with E-state index in [-0.39, 0.29) is 19.0 Å². The Bertz CT molecular complexity index is 1240. The molecule has 7 nitrogen and oxygen atoms in total. The molecule has 3 aromatic rings. The number of halogens is 1. The predicted octanol–water partition coefficient (Wildman–Crippen LogP) is 3.18. The summed E-state index contributed by atoms with van der Waals surface area (Å²) < 4.78 is 26.9. The third kappa shape index (κ3) is 4.49. The van der Waals surface area contributed by atoms with E-state index in [0.29, 0.717) is 23.1 Å². The minimum Gasteiger partial charge on any atom is -0.398 e. The van der Waals surface area contributed by atoms with Gasteiger partial charge in [-0.2, -0.15) is 4.31 Å². The molecular formula is C20H19ClN4O3S2. The number of amides is 1. The third-order valence-electron chi connectivity index (χ3n) is 4.86. The highest BCUT2D eigenvalue weighted by molar-refractivity contribution is 7.92. The number of hydrogen-bond donors (Lipinski definition) is 1. The molecule has 0 atom stereocenters. The van der Waals surface area contributed by atoms with E-state index in [2.05, 4.69) is 4.98 Å². The maximum Gasteiger partial charge on any atom is 0.238 e. The highest BCUT2D eigenvalue weighted by Crippen LogP contribution is 2.24. The Balaban J connectivity index is 1.43. The van der Waals surface area contributed by atoms with Crippen molar-refractivity contribution < 1.29 is 13.2 Å². The second kappa shape index (κ2) is 8.35. The fourth-order valence-corrected chi connectivity index (χ4v) is 5.43. The Morgan fingerprint density at radius 3 is 2.77 bits per heavy atom. The average Bonchev–Trinajstić information content (AvgIpc) is 3.13. The van der Waals surface area contributed by atoms with Crippen LogP contribution in [0.2, 0.25) is 4.34 Å². The molecule has 1 fully saturated rings. The Morgan fingerprint density at radius 2 is 2.03 bits per heavy atom. The van der Waals surface area contributed by atoms with Gasteiger partial charge in [-0.1, -0.05) is 23.7 Å². The largest absolute Gasteiger partial charge is 0.398 e. The monoisotopic (exact) mass is 462 g/mol. The summed E-state index contributed by atoms with van der Waals surface area (Å²) in [5, 5.41) is 1.99. The number of anilines is 1. The number of benzene rings is 1. The quantitative estimate of drug-likeness (QED) is 0.628. The number of sulfonamides is 1. The van der Waals surface area contributed by atoms with Crippen molar-refractivity contribution in [1.29, 1.82) is 0 Å². The number of fused-ring (bicyclic) bond motifs is 1. The first-order valence-corrected chi connectivity index (χ1v) is 11.9. The number of hydrogen-bond acceptors (Lipinski definition) is 6. The van der Waals surface area contributed by atoms with Gasteiger partial charge in [-0.15, -0.1) is 11.3 Å². The van der Waals surface area contributed by atoms with Gasteiger partial charge < -0.3 is 10.6 Å². The summed E-state index contributed by atoms with van der Waals surface area (Å²) in [6.07, 6.45) is 3.14. The summed E-state index contributed by atoms with van der Waals surface area (Å²) in [5.41, 5.74) is 8.29. The zero-order valence-corrected chi connectivity index (χ0v) is 18.3. The molecule has 1 saturated heterocycles. The van der Waals surface area contributed by atoms with E-state index in [1.54, 1.807) is 29.3 Å². The van der Waals surface area contributed by atoms with Crippen molar-refractivity contribution >= 4 is 61.5 Å². The van der Waals surface area contributed by atoms with Gasteiger partial charge in [0, 0.05) is 47.2 Å². The van der Waals surface area contributed by atoms with Crippen LogP contribution in [-0.2, 0) is 21.4 Å². The van der Waals surface area contributed by atoms with Crippen molar-refractivity contribution in [2.75, 3.05) is 25.4 Å². The van der Waals surface area contributed by atoms with Gasteiger partial charge in [0.25, 0.3) is 0 Å². The molecule has 1 aromatic carbocycles. The van der Waals surface area contributed by atoms with E-state index >= 15 is 0 Å². The Labute approximate surface area is 183 Å². The molecule has 10 heteroatoms. The van der Waals surface area contributed by atoms with Crippen molar-refractivity contribution in [3.63, 3.8) is 0 Å². The van der Waals surface area contributed by atoms with Gasteiger partial charge >= 0.3 is 0 Å². The molecule has 156 valence electrons. The van der Waals surface area contributed by atoms with Crippen LogP contribution in [0.1, 0.15) is 10.4 Å². The number of nitrogens with zero attached hydrogens (tertiary/aromatic N) is 3. The molecule has 2 aromatic heterocycles. The SMILES string of the molecule is Nc1ccnc2cc(CN3CCN(S(=O)(=O)C=Cc4ccc(Cl)s4)CC3=O)ccc12. The summed E-state index contributed by atoms with van der Waals surface area (Å²) in [6.45, 7) is 0.765. The lowest BCUT2D eigenvalue weighted by atomic mass is 10.1. The number of rotatable bonds is 5. The van der Waals surface area contributed by atoms with Crippen LogP contribution in [0.15, 0.2) is 48.0 Å². The lowest BCUT2D eigenvalue weighted by Gasteiger charge is -2.33. The summed E-state index contributed by atoms with van der Waals surface area (Å²) in [7, 11) is -3.69. The Hall–Kier alpha value is -2.46. The highest BCUT2D eigenvalue weighted by atomic mass is 35.5. The number of nitrogen functional groups attached to an aromatic ring is 1. The molecule has 2 N–H and O–H groups in total. The molecule has 30 heavy (non-hydrogen) atoms. The van der Waals surface area contributed by atoms with Crippen molar-refractivity contribution in [3.8, 4) is 0 Å². The topological polar surface area (TPSA) is 96.6 Å². The van der Waals surface area contributed by atoms with Crippen LogP contribution in [0.25, 0.3) is 17.0 Å². The molecule has 0 saturated carbocycles. The zero-order chi connectivity index (χ0) is 21.3. The summed E-state index contributed by atoms with van der Waals surface area (Å²) in [4.78, 5) is 19.3. The number of carbonyl (C=O) groups is 1. The molecule has 3 heterocycles. The van der Waals surface area contributed by atoms with Gasteiger partial charge in [0.05, 0.1) is 16.4 Å². The van der Waals surface area contributed by atoms with E-state index in [1.807, 2.05) is 18.2 Å². The van der Waals surface area contributed by atoms with Gasteiger partial charge in [0.2, 0.25) is 15.9 Å². The maximum absolute atomic E-state index is 12.6. The second-order valence-electron chi connectivity index (χ2n) is 6.89. The van der Waals surface area contributed by atoms with Crippen molar-refractivity contribution in [2.24, 2.45) is 0 Å². The Kier molecular flexibility index (Phi) is 5.79. The van der Waals surface area contributed by atoms with Crippen LogP contribution < -0.4 is 5.73 Å². The smallest absolute Gasteiger partial charge is 0.238 e. The van der Waals surface area contributed by atoms with Crippen LogP contribution in [0.4, 0.5) is 5.69 Å². The van der Waals surface area contributed by atoms with Crippen molar-refractivity contribution in [3.05, 3.63) is 62.8 Å². The molecule has 1 amide bonds. The average molecular weight is 463 g/mol. The van der Waals surface area contributed by atoms with Crippen LogP contribution >= 0.6 is 22.9 Å². The van der Waals surface area contributed by atoms with Crippen LogP contribution in [0.3, 0.4) is 0 Å². The van der Waals surface area contributed by atoms with Gasteiger partial charge in [-0.25, -0.2) is 8.42 Å². The summed E-state index contributed by atoms with van der Waals surface area (Å²) in [5.74, 6) is -0.238. The predicted molar refractivity (Wildman–Crippen MR) is 120 cm³/mol. The third-order valence-corrected chi connectivity index (χ3v) is 7.56. The van der Waals surface area contributed by atoms with Gasteiger partial charge in [-0.05, 0) is 35.9 Å². The molecular weight excluding hydrogens is 444 g/mol. The first kappa shape index (κ1) is 20.8. The number of pyridine rings is 1. The fraction of sp³-hybridized carbons (Fsp3) is 0.200. The minimum absolute atomic E-state index is 0.184. The van der Waals surface area contributed by atoms with Crippen LogP contribution in [0, 0.1) is 0 Å². The summed E-state index contributed by atoms with van der Waals surface area (Å²) >= 11 is 7.15. The number of thiophene rings is 1. The minimum atomic E-state index is -3.69. The van der Waals surface area contributed by atoms with E-state index in [0.717, 1.165) is 26.8 Å². The van der Waals surface area contributed by atoms with Crippen molar-refractivity contribution in [2.45, 2.75) is 6.54 Å². The van der Waals surface area contributed by atoms with E-state index in [1.165, 1.54) is 21.7 Å². The lowest BCUT2D eigenvalue weighted by Crippen LogP contribution is -2.51. The maximum atomic E-state index is 12.6. The Morgan fingerprint density at radius 1 is 1.20 bits per heavy atom. The first-order chi connectivity index (χ1) is 14.3. The van der Waals surface area contributed by atoms with Crippen LogP contribution in [0.5, 0.6) is 0 Å². The normalized spacial score (nSPS) is 16.0. The molecule has 0 aliphatic carbocycles. The molecule has 1 aliphatic heterocycles. The molecule has 0 radical (unpaired) electrons. The lowest BCUT2D eigenvalue weighted by molar-refractivity contribution is -0.134. The number of nitrogens with two attached hydrogens (primary N) is 1. The number of carbonyl (C=O) groups excluding carboxylic acids is 1. The van der Waals surface area contributed by atoms with Gasteiger partial charge in [0.1, 0.15) is 0 Å². The second-order valence-corrected chi connectivity index (χ2v) is 10.5. The van der Waals surface area contributed by atoms with Crippen LogP contribution in [-0.4, -0.2) is 48.1 Å². The molecule has 0 unspecified atom stereocenters. The molecule has 0 bridgehead atoms. The summed E-state index contributed by atoms with van der Waals surface area (Å²) in [6, 6.07) is 10.9. The first-order valence-electron chi connectivity index (χ1n) is 9.16. The van der Waals surface area contributed by atoms with E-state index < -0.39 is 10.0 Å². The number of aromatic nitrogens is 1. The fourth-order valence-electron chi connectivity index (χ4n) is 3.26.